The zero-order chi connectivity index (χ0) is 13.9. The van der Waals surface area contributed by atoms with Gasteiger partial charge in [-0.25, -0.2) is 4.98 Å². The van der Waals surface area contributed by atoms with Crippen LogP contribution >= 0.6 is 0 Å². The van der Waals surface area contributed by atoms with Crippen molar-refractivity contribution in [2.75, 3.05) is 25.5 Å². The van der Waals surface area contributed by atoms with Crippen LogP contribution in [0.15, 0.2) is 36.5 Å². The molecule has 2 heterocycles. The maximum atomic E-state index is 4.64. The smallest absolute Gasteiger partial charge is 0.207 e. The topological polar surface area (TPSA) is 33.1 Å². The first-order valence-electron chi connectivity index (χ1n) is 7.28. The molecule has 1 saturated heterocycles. The van der Waals surface area contributed by atoms with Gasteiger partial charge < -0.3 is 14.8 Å². The number of hydrogen-bond donors (Lipinski definition) is 1. The van der Waals surface area contributed by atoms with Crippen molar-refractivity contribution < 1.29 is 0 Å². The van der Waals surface area contributed by atoms with Crippen molar-refractivity contribution in [3.63, 3.8) is 0 Å². The molecular weight excluding hydrogens is 248 g/mol. The normalized spacial score (nSPS) is 17.3. The van der Waals surface area contributed by atoms with Gasteiger partial charge in [0, 0.05) is 17.9 Å². The highest BCUT2D eigenvalue weighted by atomic mass is 15.2. The van der Waals surface area contributed by atoms with Crippen LogP contribution in [0.25, 0.3) is 0 Å². The third kappa shape index (κ3) is 2.85. The molecule has 1 aromatic heterocycles. The van der Waals surface area contributed by atoms with Crippen molar-refractivity contribution in [3.05, 3.63) is 42.2 Å². The van der Waals surface area contributed by atoms with E-state index < -0.39 is 0 Å². The molecule has 0 unspecified atom stereocenters. The second-order valence-corrected chi connectivity index (χ2v) is 5.64. The summed E-state index contributed by atoms with van der Waals surface area (Å²) < 4.78 is 2.31. The zero-order valence-electron chi connectivity index (χ0n) is 12.2. The number of nitrogens with one attached hydrogen (secondary N) is 1. The van der Waals surface area contributed by atoms with E-state index >= 15 is 0 Å². The summed E-state index contributed by atoms with van der Waals surface area (Å²) >= 11 is 0. The average Bonchev–Trinajstić information content (AvgIpc) is 2.81. The molecule has 20 heavy (non-hydrogen) atoms. The van der Waals surface area contributed by atoms with Crippen LogP contribution in [-0.2, 0) is 0 Å². The second kappa shape index (κ2) is 5.67. The van der Waals surface area contributed by atoms with Crippen molar-refractivity contribution >= 4 is 11.6 Å². The minimum Gasteiger partial charge on any atom is -0.326 e. The van der Waals surface area contributed by atoms with Crippen LogP contribution in [0.2, 0.25) is 0 Å². The van der Waals surface area contributed by atoms with Crippen molar-refractivity contribution in [2.45, 2.75) is 25.8 Å². The van der Waals surface area contributed by atoms with E-state index in [0.29, 0.717) is 6.04 Å². The molecule has 1 aromatic carbocycles. The Hall–Kier alpha value is -1.81. The largest absolute Gasteiger partial charge is 0.326 e. The van der Waals surface area contributed by atoms with Gasteiger partial charge in [-0.05, 0) is 52.0 Å². The number of benzene rings is 1. The van der Waals surface area contributed by atoms with Gasteiger partial charge in [0.15, 0.2) is 0 Å². The van der Waals surface area contributed by atoms with E-state index in [9.17, 15) is 0 Å². The molecule has 4 heteroatoms. The molecule has 2 aromatic rings. The lowest BCUT2D eigenvalue weighted by molar-refractivity contribution is 0.222. The van der Waals surface area contributed by atoms with Gasteiger partial charge in [0.1, 0.15) is 0 Å². The molecule has 106 valence electrons. The van der Waals surface area contributed by atoms with Crippen molar-refractivity contribution in [3.8, 4) is 0 Å². The fourth-order valence-electron chi connectivity index (χ4n) is 2.81. The second-order valence-electron chi connectivity index (χ2n) is 5.64. The molecule has 0 bridgehead atoms. The van der Waals surface area contributed by atoms with Gasteiger partial charge in [0.25, 0.3) is 0 Å². The molecule has 0 radical (unpaired) electrons. The van der Waals surface area contributed by atoms with Crippen LogP contribution in [0, 0.1) is 6.92 Å². The lowest BCUT2D eigenvalue weighted by Gasteiger charge is -2.30. The van der Waals surface area contributed by atoms with Crippen LogP contribution in [-0.4, -0.2) is 34.6 Å². The van der Waals surface area contributed by atoms with Crippen LogP contribution in [0.4, 0.5) is 11.6 Å². The van der Waals surface area contributed by atoms with Gasteiger partial charge in [-0.1, -0.05) is 18.2 Å². The molecule has 0 saturated carbocycles. The Morgan fingerprint density at radius 1 is 1.15 bits per heavy atom. The fraction of sp³-hybridized carbons (Fsp3) is 0.438. The maximum Gasteiger partial charge on any atom is 0.207 e. The van der Waals surface area contributed by atoms with Crippen LogP contribution in [0.3, 0.4) is 0 Å². The number of para-hydroxylation sites is 1. The first-order valence-corrected chi connectivity index (χ1v) is 7.28. The van der Waals surface area contributed by atoms with E-state index in [1.165, 1.54) is 12.8 Å². The number of hydrogen-bond acceptors (Lipinski definition) is 3. The number of likely N-dealkylation sites (tertiary alicyclic amines) is 1. The Balaban J connectivity index is 1.81. The Labute approximate surface area is 120 Å². The van der Waals surface area contributed by atoms with E-state index in [1.807, 2.05) is 18.2 Å². The molecule has 0 spiro atoms. The van der Waals surface area contributed by atoms with Gasteiger partial charge >= 0.3 is 0 Å². The molecule has 1 aliphatic rings. The van der Waals surface area contributed by atoms with E-state index in [0.717, 1.165) is 30.4 Å². The summed E-state index contributed by atoms with van der Waals surface area (Å²) in [4.78, 5) is 7.03. The maximum absolute atomic E-state index is 4.64. The lowest BCUT2D eigenvalue weighted by Crippen LogP contribution is -2.31. The van der Waals surface area contributed by atoms with Crippen LogP contribution < -0.4 is 5.32 Å². The number of piperidine rings is 1. The number of anilines is 2. The average molecular weight is 270 g/mol. The molecule has 3 rings (SSSR count). The summed E-state index contributed by atoms with van der Waals surface area (Å²) in [6.07, 6.45) is 4.55. The highest BCUT2D eigenvalue weighted by Gasteiger charge is 2.21. The van der Waals surface area contributed by atoms with Gasteiger partial charge in [0.2, 0.25) is 5.95 Å². The Morgan fingerprint density at radius 3 is 2.55 bits per heavy atom. The minimum absolute atomic E-state index is 0.554. The van der Waals surface area contributed by atoms with E-state index in [-0.39, 0.29) is 0 Å². The number of rotatable bonds is 3. The van der Waals surface area contributed by atoms with Gasteiger partial charge in [-0.15, -0.1) is 0 Å². The monoisotopic (exact) mass is 270 g/mol. The van der Waals surface area contributed by atoms with Crippen LogP contribution in [0.5, 0.6) is 0 Å². The molecule has 1 fully saturated rings. The number of aromatic nitrogens is 2. The number of imidazole rings is 1. The summed E-state index contributed by atoms with van der Waals surface area (Å²) in [6.45, 7) is 4.38. The molecule has 0 atom stereocenters. The quantitative estimate of drug-likeness (QED) is 0.929. The van der Waals surface area contributed by atoms with Gasteiger partial charge in [-0.2, -0.15) is 0 Å². The Morgan fingerprint density at radius 2 is 1.85 bits per heavy atom. The van der Waals surface area contributed by atoms with Crippen LogP contribution in [0.1, 0.15) is 24.6 Å². The molecular formula is C16H22N4. The SMILES string of the molecule is Cc1cn(C2CCN(C)CC2)c(Nc2ccccc2)n1. The van der Waals surface area contributed by atoms with E-state index in [4.69, 9.17) is 0 Å². The summed E-state index contributed by atoms with van der Waals surface area (Å²) in [5, 5.41) is 3.44. The van der Waals surface area contributed by atoms with E-state index in [2.05, 4.69) is 52.1 Å². The van der Waals surface area contributed by atoms with Crippen molar-refractivity contribution in [1.29, 1.82) is 0 Å². The standard InChI is InChI=1S/C16H22N4/c1-13-12-20(15-8-10-19(2)11-9-15)16(17-13)18-14-6-4-3-5-7-14/h3-7,12,15H,8-11H2,1-2H3,(H,17,18). The summed E-state index contributed by atoms with van der Waals surface area (Å²) in [7, 11) is 2.19. The predicted molar refractivity (Wildman–Crippen MR) is 82.5 cm³/mol. The molecule has 1 N–H and O–H groups in total. The zero-order valence-corrected chi connectivity index (χ0v) is 12.2. The highest BCUT2D eigenvalue weighted by molar-refractivity contribution is 5.53. The number of aryl methyl sites for hydroxylation is 1. The molecule has 4 nitrogen and oxygen atoms in total. The third-order valence-corrected chi connectivity index (χ3v) is 3.96. The van der Waals surface area contributed by atoms with Crippen molar-refractivity contribution in [1.82, 2.24) is 14.5 Å². The summed E-state index contributed by atoms with van der Waals surface area (Å²) in [6, 6.07) is 10.8. The summed E-state index contributed by atoms with van der Waals surface area (Å²) in [5.41, 5.74) is 2.16. The van der Waals surface area contributed by atoms with E-state index in [1.54, 1.807) is 0 Å². The van der Waals surface area contributed by atoms with Crippen molar-refractivity contribution in [2.24, 2.45) is 0 Å². The first kappa shape index (κ1) is 13.2. The predicted octanol–water partition coefficient (Wildman–Crippen LogP) is 3.20. The highest BCUT2D eigenvalue weighted by Crippen LogP contribution is 2.27. The minimum atomic E-state index is 0.554. The lowest BCUT2D eigenvalue weighted by atomic mass is 10.1. The molecule has 0 amide bonds. The molecule has 0 aliphatic carbocycles. The molecule has 1 aliphatic heterocycles. The number of nitrogens with zero attached hydrogens (tertiary/aromatic N) is 3. The summed E-state index contributed by atoms with van der Waals surface area (Å²) in [5.74, 6) is 0.961. The Bertz CT molecular complexity index is 553. The first-order chi connectivity index (χ1) is 9.72. The van der Waals surface area contributed by atoms with Gasteiger partial charge in [-0.3, -0.25) is 0 Å². The fourth-order valence-corrected chi connectivity index (χ4v) is 2.81. The van der Waals surface area contributed by atoms with Gasteiger partial charge in [0.05, 0.1) is 5.69 Å². The Kier molecular flexibility index (Phi) is 3.74. The third-order valence-electron chi connectivity index (χ3n) is 3.96.